The molecule has 0 aliphatic rings. The van der Waals surface area contributed by atoms with Gasteiger partial charge in [-0.15, -0.1) is 0 Å². The zero-order chi connectivity index (χ0) is 13.6. The van der Waals surface area contributed by atoms with Gasteiger partial charge in [0.1, 0.15) is 0 Å². The van der Waals surface area contributed by atoms with E-state index in [1.807, 2.05) is 0 Å². The minimum atomic E-state index is -1.21. The monoisotopic (exact) mass is 370 g/mol. The third-order valence-electron chi connectivity index (χ3n) is 2.23. The van der Waals surface area contributed by atoms with E-state index in [1.165, 1.54) is 37.2 Å². The first kappa shape index (κ1) is 23.9. The number of hydrogen-bond donors (Lipinski definition) is 4. The number of hydrogen-bond acceptors (Lipinski definition) is 5. The Labute approximate surface area is 128 Å². The quantitative estimate of drug-likeness (QED) is 0.359. The summed E-state index contributed by atoms with van der Waals surface area (Å²) in [5.41, 5.74) is 3.94. The van der Waals surface area contributed by atoms with E-state index in [0.29, 0.717) is 0 Å². The van der Waals surface area contributed by atoms with Crippen molar-refractivity contribution in [1.29, 1.82) is 0 Å². The summed E-state index contributed by atoms with van der Waals surface area (Å²) in [5, 5.41) is 25.0. The maximum atomic E-state index is 8.34. The van der Waals surface area contributed by atoms with Gasteiger partial charge in [0.2, 0.25) is 0 Å². The van der Waals surface area contributed by atoms with Crippen LogP contribution in [0.5, 0.6) is 0 Å². The number of aliphatic hydroxyl groups is 3. The van der Waals surface area contributed by atoms with Crippen LogP contribution in [0.15, 0.2) is 0 Å². The first-order chi connectivity index (χ1) is 8.10. The van der Waals surface area contributed by atoms with Crippen molar-refractivity contribution in [2.45, 2.75) is 45.1 Å². The standard InChI is InChI=1S/C8H18S.C4H11NO3.Rh/c1-3-5-7-9-8-6-4-2;5-4(1-6,2-7)3-8;/h3-8H2,1-2H3;6-8H,1-3,5H2;. The number of aliphatic hydroxyl groups excluding tert-OH is 3. The number of rotatable bonds is 9. The van der Waals surface area contributed by atoms with E-state index in [-0.39, 0.29) is 19.5 Å². The van der Waals surface area contributed by atoms with Crippen LogP contribution in [0, 0.1) is 0 Å². The molecule has 0 aromatic rings. The fraction of sp³-hybridized carbons (Fsp3) is 1.00. The molecular formula is C12H29NO3RhS. The molecule has 0 aromatic heterocycles. The van der Waals surface area contributed by atoms with Crippen LogP contribution in [0.4, 0.5) is 0 Å². The molecule has 0 rings (SSSR count). The minimum Gasteiger partial charge on any atom is -0.394 e. The first-order valence-electron chi connectivity index (χ1n) is 6.29. The van der Waals surface area contributed by atoms with E-state index in [1.54, 1.807) is 0 Å². The second-order valence-electron chi connectivity index (χ2n) is 4.16. The van der Waals surface area contributed by atoms with Crippen molar-refractivity contribution >= 4 is 11.8 Å². The molecule has 0 heterocycles. The molecule has 1 radical (unpaired) electrons. The van der Waals surface area contributed by atoms with Crippen molar-refractivity contribution < 1.29 is 34.8 Å². The Kier molecular flexibility index (Phi) is 23.6. The number of nitrogens with two attached hydrogens (primary N) is 1. The molecule has 0 aliphatic carbocycles. The molecular weight excluding hydrogens is 341 g/mol. The molecule has 0 saturated carbocycles. The Balaban J connectivity index is -0.000000238. The van der Waals surface area contributed by atoms with Gasteiger partial charge in [-0.25, -0.2) is 0 Å². The van der Waals surface area contributed by atoms with Crippen LogP contribution in [0.3, 0.4) is 0 Å². The predicted molar refractivity (Wildman–Crippen MR) is 75.3 cm³/mol. The normalized spacial score (nSPS) is 10.3. The third kappa shape index (κ3) is 16.8. The van der Waals surface area contributed by atoms with Gasteiger partial charge in [0.25, 0.3) is 0 Å². The summed E-state index contributed by atoms with van der Waals surface area (Å²) >= 11 is 2.10. The van der Waals surface area contributed by atoms with Gasteiger partial charge < -0.3 is 21.1 Å². The van der Waals surface area contributed by atoms with Crippen molar-refractivity contribution in [2.75, 3.05) is 31.3 Å². The Hall–Kier alpha value is 0.813. The van der Waals surface area contributed by atoms with Gasteiger partial charge in [-0.1, -0.05) is 26.7 Å². The van der Waals surface area contributed by atoms with E-state index < -0.39 is 25.4 Å². The molecule has 0 aromatic carbocycles. The molecule has 6 heteroatoms. The second-order valence-corrected chi connectivity index (χ2v) is 5.38. The Morgan fingerprint density at radius 2 is 1.22 bits per heavy atom. The Morgan fingerprint density at radius 3 is 1.39 bits per heavy atom. The summed E-state index contributed by atoms with van der Waals surface area (Å²) in [6, 6.07) is 0. The van der Waals surface area contributed by atoms with Crippen molar-refractivity contribution in [3.05, 3.63) is 0 Å². The van der Waals surface area contributed by atoms with E-state index >= 15 is 0 Å². The fourth-order valence-corrected chi connectivity index (χ4v) is 1.93. The zero-order valence-corrected chi connectivity index (χ0v) is 14.0. The van der Waals surface area contributed by atoms with Crippen molar-refractivity contribution in [2.24, 2.45) is 5.73 Å². The van der Waals surface area contributed by atoms with Gasteiger partial charge in [-0.3, -0.25) is 0 Å². The van der Waals surface area contributed by atoms with E-state index in [4.69, 9.17) is 21.1 Å². The van der Waals surface area contributed by atoms with Gasteiger partial charge in [0.15, 0.2) is 0 Å². The fourth-order valence-electron chi connectivity index (χ4n) is 0.745. The van der Waals surface area contributed by atoms with Crippen LogP contribution in [0.2, 0.25) is 0 Å². The molecule has 0 amide bonds. The molecule has 0 aliphatic heterocycles. The SMILES string of the molecule is CCCCSCCCC.NC(CO)(CO)CO.[Rh]. The maximum absolute atomic E-state index is 8.34. The van der Waals surface area contributed by atoms with Gasteiger partial charge >= 0.3 is 0 Å². The van der Waals surface area contributed by atoms with Crippen molar-refractivity contribution in [1.82, 2.24) is 0 Å². The molecule has 0 saturated heterocycles. The number of thioether (sulfide) groups is 1. The molecule has 115 valence electrons. The molecule has 0 atom stereocenters. The molecule has 4 nitrogen and oxygen atoms in total. The summed E-state index contributed by atoms with van der Waals surface area (Å²) in [7, 11) is 0. The van der Waals surface area contributed by atoms with Gasteiger partial charge in [0, 0.05) is 19.5 Å². The van der Waals surface area contributed by atoms with Crippen LogP contribution in [-0.4, -0.2) is 52.2 Å². The molecule has 0 unspecified atom stereocenters. The number of unbranched alkanes of at least 4 members (excludes halogenated alkanes) is 2. The van der Waals surface area contributed by atoms with Crippen LogP contribution in [0.1, 0.15) is 39.5 Å². The van der Waals surface area contributed by atoms with Crippen LogP contribution in [-0.2, 0) is 19.5 Å². The third-order valence-corrected chi connectivity index (χ3v) is 3.38. The Bertz CT molecular complexity index is 135. The zero-order valence-electron chi connectivity index (χ0n) is 11.5. The summed E-state index contributed by atoms with van der Waals surface area (Å²) < 4.78 is 0. The summed E-state index contributed by atoms with van der Waals surface area (Å²) in [5.74, 6) is 2.74. The summed E-state index contributed by atoms with van der Waals surface area (Å²) in [6.45, 7) is 3.29. The van der Waals surface area contributed by atoms with Gasteiger partial charge in [-0.2, -0.15) is 11.8 Å². The predicted octanol–water partition coefficient (Wildman–Crippen LogP) is 0.978. The maximum Gasteiger partial charge on any atom is 0.0856 e. The molecule has 0 bridgehead atoms. The van der Waals surface area contributed by atoms with Crippen LogP contribution >= 0.6 is 11.8 Å². The largest absolute Gasteiger partial charge is 0.394 e. The Morgan fingerprint density at radius 1 is 0.889 bits per heavy atom. The van der Waals surface area contributed by atoms with Crippen LogP contribution < -0.4 is 5.73 Å². The van der Waals surface area contributed by atoms with Gasteiger partial charge in [-0.05, 0) is 24.3 Å². The molecule has 5 N–H and O–H groups in total. The first-order valence-corrected chi connectivity index (χ1v) is 7.44. The van der Waals surface area contributed by atoms with Gasteiger partial charge in [0.05, 0.1) is 25.4 Å². The van der Waals surface area contributed by atoms with E-state index in [9.17, 15) is 0 Å². The molecule has 18 heavy (non-hydrogen) atoms. The summed E-state index contributed by atoms with van der Waals surface area (Å²) in [6.07, 6.45) is 5.49. The van der Waals surface area contributed by atoms with Crippen molar-refractivity contribution in [3.63, 3.8) is 0 Å². The average molecular weight is 370 g/mol. The average Bonchev–Trinajstić information content (AvgIpc) is 2.38. The summed E-state index contributed by atoms with van der Waals surface area (Å²) in [4.78, 5) is 0. The second kappa shape index (κ2) is 17.8. The molecule has 0 fully saturated rings. The molecule has 0 spiro atoms. The van der Waals surface area contributed by atoms with E-state index in [0.717, 1.165) is 0 Å². The topological polar surface area (TPSA) is 86.7 Å². The van der Waals surface area contributed by atoms with Crippen molar-refractivity contribution in [3.8, 4) is 0 Å². The van der Waals surface area contributed by atoms with E-state index in [2.05, 4.69) is 25.6 Å². The smallest absolute Gasteiger partial charge is 0.0856 e. The van der Waals surface area contributed by atoms with Crippen LogP contribution in [0.25, 0.3) is 0 Å². The minimum absolute atomic E-state index is 0.